The van der Waals surface area contributed by atoms with Crippen molar-refractivity contribution in [3.63, 3.8) is 0 Å². The molecule has 0 spiro atoms. The van der Waals surface area contributed by atoms with Crippen molar-refractivity contribution in [1.82, 2.24) is 0 Å². The van der Waals surface area contributed by atoms with Crippen LogP contribution in [0.4, 0.5) is 0 Å². The van der Waals surface area contributed by atoms with Gasteiger partial charge in [-0.15, -0.1) is 11.8 Å². The number of unbranched alkanes of at least 4 members (excludes halogenated alkanes) is 12. The molecule has 0 aromatic heterocycles. The lowest BCUT2D eigenvalue weighted by Gasteiger charge is -1.99. The van der Waals surface area contributed by atoms with E-state index in [0.717, 1.165) is 19.4 Å². The Morgan fingerprint density at radius 3 is 1.47 bits per heavy atom. The fourth-order valence-electron chi connectivity index (χ4n) is 2.24. The number of hydrogen-bond donors (Lipinski definition) is 1. The van der Waals surface area contributed by atoms with E-state index in [1.165, 1.54) is 77.0 Å². The molecular weight excluding hydrogens is 230 g/mol. The van der Waals surface area contributed by atoms with Crippen molar-refractivity contribution in [2.24, 2.45) is 5.73 Å². The van der Waals surface area contributed by atoms with E-state index in [4.69, 9.17) is 5.73 Å². The molecule has 0 aliphatic carbocycles. The Morgan fingerprint density at radius 1 is 0.579 bits per heavy atom. The number of hydrogen-bond acceptors (Lipinski definition) is 1. The van der Waals surface area contributed by atoms with E-state index >= 15 is 0 Å². The zero-order valence-corrected chi connectivity index (χ0v) is 13.2. The van der Waals surface area contributed by atoms with Crippen LogP contribution in [0, 0.1) is 11.8 Å². The molecule has 0 fully saturated rings. The van der Waals surface area contributed by atoms with Crippen molar-refractivity contribution in [2.75, 3.05) is 6.54 Å². The molecule has 1 heteroatoms. The summed E-state index contributed by atoms with van der Waals surface area (Å²) in [6.45, 7) is 3.12. The van der Waals surface area contributed by atoms with Crippen LogP contribution in [0.25, 0.3) is 0 Å². The van der Waals surface area contributed by atoms with E-state index in [2.05, 4.69) is 18.8 Å². The van der Waals surface area contributed by atoms with E-state index in [9.17, 15) is 0 Å². The standard InChI is InChI=1S/C18H35N/c1-2-3-4-5-6-7-8-9-10-11-12-13-14-15-16-17-18-19/h2-7,10-19H2,1H3. The van der Waals surface area contributed by atoms with Crippen LogP contribution in [0.1, 0.15) is 96.8 Å². The predicted octanol–water partition coefficient (Wildman–Crippen LogP) is 5.43. The minimum Gasteiger partial charge on any atom is -0.330 e. The second kappa shape index (κ2) is 17.5. The maximum atomic E-state index is 5.47. The molecule has 1 nitrogen and oxygen atoms in total. The van der Waals surface area contributed by atoms with E-state index in [1.54, 1.807) is 0 Å². The molecule has 0 saturated heterocycles. The fraction of sp³-hybridized carbons (Fsp3) is 0.889. The maximum Gasteiger partial charge on any atom is 0.00886 e. The smallest absolute Gasteiger partial charge is 0.00886 e. The molecular formula is C18H35N. The maximum absolute atomic E-state index is 5.47. The van der Waals surface area contributed by atoms with Gasteiger partial charge in [-0.05, 0) is 25.8 Å². The average molecular weight is 265 g/mol. The third-order valence-corrected chi connectivity index (χ3v) is 3.54. The Hall–Kier alpha value is -0.480. The molecule has 0 bridgehead atoms. The van der Waals surface area contributed by atoms with Gasteiger partial charge in [0.15, 0.2) is 0 Å². The van der Waals surface area contributed by atoms with Crippen LogP contribution in [-0.4, -0.2) is 6.54 Å². The third kappa shape index (κ3) is 17.5. The number of nitrogens with two attached hydrogens (primary N) is 1. The van der Waals surface area contributed by atoms with Crippen LogP contribution in [-0.2, 0) is 0 Å². The largest absolute Gasteiger partial charge is 0.330 e. The van der Waals surface area contributed by atoms with Gasteiger partial charge < -0.3 is 5.73 Å². The Morgan fingerprint density at radius 2 is 1.00 bits per heavy atom. The van der Waals surface area contributed by atoms with Gasteiger partial charge in [-0.25, -0.2) is 0 Å². The second-order valence-corrected chi connectivity index (χ2v) is 5.53. The SMILES string of the molecule is CCCCCCCC#CCCCCCCCCCN. The first-order valence-electron chi connectivity index (χ1n) is 8.57. The average Bonchev–Trinajstić information content (AvgIpc) is 2.43. The molecule has 0 rings (SSSR count). The molecule has 0 aromatic rings. The minimum atomic E-state index is 0.855. The van der Waals surface area contributed by atoms with Crippen molar-refractivity contribution in [1.29, 1.82) is 0 Å². The molecule has 112 valence electrons. The van der Waals surface area contributed by atoms with Crippen molar-refractivity contribution >= 4 is 0 Å². The highest BCUT2D eigenvalue weighted by molar-refractivity contribution is 4.98. The normalized spacial score (nSPS) is 10.2. The van der Waals surface area contributed by atoms with Gasteiger partial charge in [-0.3, -0.25) is 0 Å². The number of rotatable bonds is 13. The van der Waals surface area contributed by atoms with Crippen LogP contribution < -0.4 is 5.73 Å². The summed E-state index contributed by atoms with van der Waals surface area (Å²) in [5, 5.41) is 0. The first kappa shape index (κ1) is 18.5. The van der Waals surface area contributed by atoms with Crippen molar-refractivity contribution in [3.8, 4) is 11.8 Å². The summed E-state index contributed by atoms with van der Waals surface area (Å²) in [4.78, 5) is 0. The molecule has 0 atom stereocenters. The predicted molar refractivity (Wildman–Crippen MR) is 87.1 cm³/mol. The van der Waals surface area contributed by atoms with Gasteiger partial charge in [-0.2, -0.15) is 0 Å². The summed E-state index contributed by atoms with van der Waals surface area (Å²) in [6, 6.07) is 0. The van der Waals surface area contributed by atoms with Crippen LogP contribution in [0.2, 0.25) is 0 Å². The van der Waals surface area contributed by atoms with Crippen molar-refractivity contribution in [3.05, 3.63) is 0 Å². The molecule has 0 heterocycles. The Balaban J connectivity index is 3.05. The molecule has 2 N–H and O–H groups in total. The molecule has 0 radical (unpaired) electrons. The van der Waals surface area contributed by atoms with Gasteiger partial charge in [0.1, 0.15) is 0 Å². The quantitative estimate of drug-likeness (QED) is 0.349. The lowest BCUT2D eigenvalue weighted by Crippen LogP contribution is -1.97. The molecule has 0 saturated carbocycles. The third-order valence-electron chi connectivity index (χ3n) is 3.54. The summed E-state index contributed by atoms with van der Waals surface area (Å²) in [7, 11) is 0. The van der Waals surface area contributed by atoms with Gasteiger partial charge >= 0.3 is 0 Å². The van der Waals surface area contributed by atoms with Crippen LogP contribution >= 0.6 is 0 Å². The molecule has 0 aromatic carbocycles. The topological polar surface area (TPSA) is 26.0 Å². The first-order valence-corrected chi connectivity index (χ1v) is 8.57. The van der Waals surface area contributed by atoms with Gasteiger partial charge in [-0.1, -0.05) is 64.7 Å². The highest BCUT2D eigenvalue weighted by Crippen LogP contribution is 2.08. The van der Waals surface area contributed by atoms with Gasteiger partial charge in [0.25, 0.3) is 0 Å². The molecule has 0 amide bonds. The summed E-state index contributed by atoms with van der Waals surface area (Å²) in [5.74, 6) is 6.64. The van der Waals surface area contributed by atoms with E-state index < -0.39 is 0 Å². The summed E-state index contributed by atoms with van der Waals surface area (Å²) >= 11 is 0. The highest BCUT2D eigenvalue weighted by Gasteiger charge is 1.90. The summed E-state index contributed by atoms with van der Waals surface area (Å²) in [6.07, 6.45) is 18.3. The molecule has 19 heavy (non-hydrogen) atoms. The Kier molecular flexibility index (Phi) is 17.1. The molecule has 0 unspecified atom stereocenters. The molecule has 0 aliphatic rings. The summed E-state index contributed by atoms with van der Waals surface area (Å²) < 4.78 is 0. The monoisotopic (exact) mass is 265 g/mol. The van der Waals surface area contributed by atoms with E-state index in [-0.39, 0.29) is 0 Å². The van der Waals surface area contributed by atoms with Crippen LogP contribution in [0.5, 0.6) is 0 Å². The fourth-order valence-corrected chi connectivity index (χ4v) is 2.24. The van der Waals surface area contributed by atoms with E-state index in [0.29, 0.717) is 0 Å². The van der Waals surface area contributed by atoms with Gasteiger partial charge in [0.05, 0.1) is 0 Å². The van der Waals surface area contributed by atoms with Gasteiger partial charge in [0, 0.05) is 12.8 Å². The van der Waals surface area contributed by atoms with Crippen LogP contribution in [0.3, 0.4) is 0 Å². The Labute approximate surface area is 121 Å². The van der Waals surface area contributed by atoms with Gasteiger partial charge in [0.2, 0.25) is 0 Å². The zero-order valence-electron chi connectivity index (χ0n) is 13.2. The lowest BCUT2D eigenvalue weighted by molar-refractivity contribution is 0.586. The Bertz CT molecular complexity index is 211. The highest BCUT2D eigenvalue weighted by atomic mass is 14.5. The minimum absolute atomic E-state index is 0.855. The first-order chi connectivity index (χ1) is 9.41. The zero-order chi connectivity index (χ0) is 14.0. The van der Waals surface area contributed by atoms with Crippen molar-refractivity contribution < 1.29 is 0 Å². The van der Waals surface area contributed by atoms with Crippen LogP contribution in [0.15, 0.2) is 0 Å². The van der Waals surface area contributed by atoms with Crippen molar-refractivity contribution in [2.45, 2.75) is 96.8 Å². The summed E-state index contributed by atoms with van der Waals surface area (Å²) in [5.41, 5.74) is 5.47. The second-order valence-electron chi connectivity index (χ2n) is 5.53. The molecule has 0 aliphatic heterocycles. The lowest BCUT2D eigenvalue weighted by atomic mass is 10.1. The van der Waals surface area contributed by atoms with E-state index in [1.807, 2.05) is 0 Å².